The molecule has 0 aliphatic carbocycles. The van der Waals surface area contributed by atoms with Crippen molar-refractivity contribution in [2.75, 3.05) is 0 Å². The summed E-state index contributed by atoms with van der Waals surface area (Å²) in [6.45, 7) is 5.55. The van der Waals surface area contributed by atoms with E-state index in [4.69, 9.17) is 9.47 Å². The maximum absolute atomic E-state index is 12.2. The molecule has 2 aromatic rings. The van der Waals surface area contributed by atoms with Gasteiger partial charge in [-0.2, -0.15) is 0 Å². The quantitative estimate of drug-likeness (QED) is 0.711. The molecule has 0 aliphatic heterocycles. The van der Waals surface area contributed by atoms with Crippen LogP contribution in [-0.2, 0) is 16.0 Å². The van der Waals surface area contributed by atoms with Gasteiger partial charge < -0.3 is 9.47 Å². The zero-order valence-corrected chi connectivity index (χ0v) is 15.0. The Balaban J connectivity index is 1.89. The molecule has 0 bridgehead atoms. The van der Waals surface area contributed by atoms with Gasteiger partial charge in [-0.05, 0) is 72.1 Å². The van der Waals surface area contributed by atoms with Gasteiger partial charge >= 0.3 is 5.97 Å². The van der Waals surface area contributed by atoms with Crippen LogP contribution >= 0.6 is 15.9 Å². The molecule has 0 spiro atoms. The van der Waals surface area contributed by atoms with Crippen molar-refractivity contribution >= 4 is 21.9 Å². The van der Waals surface area contributed by atoms with E-state index in [1.807, 2.05) is 44.2 Å². The van der Waals surface area contributed by atoms with Crippen molar-refractivity contribution in [1.29, 1.82) is 0 Å². The van der Waals surface area contributed by atoms with Gasteiger partial charge in [-0.15, -0.1) is 0 Å². The highest BCUT2D eigenvalue weighted by Crippen LogP contribution is 2.26. The van der Waals surface area contributed by atoms with Crippen LogP contribution in [0.3, 0.4) is 0 Å². The summed E-state index contributed by atoms with van der Waals surface area (Å²) >= 11 is 3.44. The minimum atomic E-state index is -0.672. The summed E-state index contributed by atoms with van der Waals surface area (Å²) in [5, 5.41) is 0. The van der Waals surface area contributed by atoms with Crippen LogP contribution in [0.2, 0.25) is 0 Å². The van der Waals surface area contributed by atoms with E-state index in [0.717, 1.165) is 15.6 Å². The Morgan fingerprint density at radius 3 is 2.57 bits per heavy atom. The minimum Gasteiger partial charge on any atom is -0.478 e. The van der Waals surface area contributed by atoms with Gasteiger partial charge in [-0.1, -0.05) is 6.07 Å². The predicted octanol–water partition coefficient (Wildman–Crippen LogP) is 4.09. The molecule has 0 saturated carbocycles. The van der Waals surface area contributed by atoms with Crippen molar-refractivity contribution in [3.63, 3.8) is 0 Å². The number of aromatic nitrogens is 1. The van der Waals surface area contributed by atoms with Crippen LogP contribution in [-0.4, -0.2) is 23.2 Å². The number of carbonyl (C=O) groups is 1. The van der Waals surface area contributed by atoms with Crippen molar-refractivity contribution in [2.45, 2.75) is 39.4 Å². The van der Waals surface area contributed by atoms with E-state index >= 15 is 0 Å². The van der Waals surface area contributed by atoms with Gasteiger partial charge in [0.05, 0.1) is 4.47 Å². The number of ether oxygens (including phenoxy) is 2. The normalized spacial score (nSPS) is 13.2. The molecule has 0 radical (unpaired) electrons. The summed E-state index contributed by atoms with van der Waals surface area (Å²) in [4.78, 5) is 16.1. The van der Waals surface area contributed by atoms with Crippen LogP contribution in [0.25, 0.3) is 0 Å². The third-order valence-corrected chi connectivity index (χ3v) is 3.93. The van der Waals surface area contributed by atoms with Crippen LogP contribution in [0.5, 0.6) is 5.75 Å². The summed E-state index contributed by atoms with van der Waals surface area (Å²) in [6, 6.07) is 9.54. The molecule has 1 heterocycles. The number of nitrogens with zero attached hydrogens (tertiary/aromatic N) is 1. The summed E-state index contributed by atoms with van der Waals surface area (Å²) in [5.41, 5.74) is 2.19. The van der Waals surface area contributed by atoms with E-state index in [-0.39, 0.29) is 12.1 Å². The van der Waals surface area contributed by atoms with Crippen LogP contribution in [0, 0.1) is 6.92 Å². The van der Waals surface area contributed by atoms with Crippen molar-refractivity contribution in [3.05, 3.63) is 58.3 Å². The number of esters is 1. The SMILES string of the molecule is Cc1ccc(O[C@@H](C)C(=O)O[C@H](C)Cc2ccncc2)c(Br)c1. The van der Waals surface area contributed by atoms with Gasteiger partial charge in [0.1, 0.15) is 11.9 Å². The number of rotatable bonds is 6. The molecule has 1 aromatic carbocycles. The lowest BCUT2D eigenvalue weighted by Gasteiger charge is -2.18. The Morgan fingerprint density at radius 2 is 1.91 bits per heavy atom. The van der Waals surface area contributed by atoms with E-state index in [1.54, 1.807) is 19.3 Å². The molecule has 0 unspecified atom stereocenters. The number of aryl methyl sites for hydroxylation is 1. The second kappa shape index (κ2) is 8.11. The second-order valence-corrected chi connectivity index (χ2v) is 6.36. The molecule has 2 atom stereocenters. The lowest BCUT2D eigenvalue weighted by atomic mass is 10.1. The molecular weight excluding hydrogens is 358 g/mol. The summed E-state index contributed by atoms with van der Waals surface area (Å²) in [6.07, 6.45) is 3.20. The van der Waals surface area contributed by atoms with Crippen molar-refractivity contribution in [3.8, 4) is 5.75 Å². The number of hydrogen-bond acceptors (Lipinski definition) is 4. The number of pyridine rings is 1. The first kappa shape index (κ1) is 17.5. The van der Waals surface area contributed by atoms with Crippen LogP contribution in [0.4, 0.5) is 0 Å². The van der Waals surface area contributed by atoms with Crippen LogP contribution in [0.15, 0.2) is 47.2 Å². The molecule has 23 heavy (non-hydrogen) atoms. The fourth-order valence-electron chi connectivity index (χ4n) is 2.13. The topological polar surface area (TPSA) is 48.4 Å². The summed E-state index contributed by atoms with van der Waals surface area (Å²) in [5.74, 6) is 0.251. The van der Waals surface area contributed by atoms with Crippen molar-refractivity contribution in [2.24, 2.45) is 0 Å². The molecular formula is C18H20BrNO3. The second-order valence-electron chi connectivity index (χ2n) is 5.50. The number of hydrogen-bond donors (Lipinski definition) is 0. The van der Waals surface area contributed by atoms with Gasteiger partial charge in [0, 0.05) is 18.8 Å². The van der Waals surface area contributed by atoms with Gasteiger partial charge in [0.15, 0.2) is 6.10 Å². The predicted molar refractivity (Wildman–Crippen MR) is 92.5 cm³/mol. The zero-order valence-electron chi connectivity index (χ0n) is 13.5. The maximum Gasteiger partial charge on any atom is 0.347 e. The molecule has 0 aliphatic rings. The Labute approximate surface area is 145 Å². The Morgan fingerprint density at radius 1 is 1.22 bits per heavy atom. The third kappa shape index (κ3) is 5.36. The Hall–Kier alpha value is -1.88. The highest BCUT2D eigenvalue weighted by Gasteiger charge is 2.20. The number of halogens is 1. The number of carbonyl (C=O) groups excluding carboxylic acids is 1. The van der Waals surface area contributed by atoms with Crippen LogP contribution < -0.4 is 4.74 Å². The highest BCUT2D eigenvalue weighted by atomic mass is 79.9. The molecule has 0 fully saturated rings. The number of benzene rings is 1. The molecule has 4 nitrogen and oxygen atoms in total. The van der Waals surface area contributed by atoms with E-state index in [9.17, 15) is 4.79 Å². The first-order valence-corrected chi connectivity index (χ1v) is 8.27. The van der Waals surface area contributed by atoms with E-state index in [0.29, 0.717) is 12.2 Å². The lowest BCUT2D eigenvalue weighted by molar-refractivity contribution is -0.155. The fourth-order valence-corrected chi connectivity index (χ4v) is 2.71. The average molecular weight is 378 g/mol. The first-order chi connectivity index (χ1) is 11.0. The van der Waals surface area contributed by atoms with E-state index in [1.165, 1.54) is 0 Å². The standard InChI is InChI=1S/C18H20BrNO3/c1-12-4-5-17(16(19)10-12)23-14(3)18(21)22-13(2)11-15-6-8-20-9-7-15/h4-10,13-14H,11H2,1-3H3/t13-,14+/m1/s1. The van der Waals surface area contributed by atoms with E-state index < -0.39 is 6.10 Å². The average Bonchev–Trinajstić information content (AvgIpc) is 2.50. The fraction of sp³-hybridized carbons (Fsp3) is 0.333. The Bertz CT molecular complexity index is 661. The largest absolute Gasteiger partial charge is 0.478 e. The molecule has 122 valence electrons. The molecule has 1 aromatic heterocycles. The maximum atomic E-state index is 12.2. The highest BCUT2D eigenvalue weighted by molar-refractivity contribution is 9.10. The van der Waals surface area contributed by atoms with Gasteiger partial charge in [-0.25, -0.2) is 4.79 Å². The molecule has 0 N–H and O–H groups in total. The monoisotopic (exact) mass is 377 g/mol. The molecule has 5 heteroatoms. The van der Waals surface area contributed by atoms with E-state index in [2.05, 4.69) is 20.9 Å². The van der Waals surface area contributed by atoms with Gasteiger partial charge in [-0.3, -0.25) is 4.98 Å². The minimum absolute atomic E-state index is 0.225. The zero-order chi connectivity index (χ0) is 16.8. The first-order valence-electron chi connectivity index (χ1n) is 7.48. The molecule has 2 rings (SSSR count). The summed E-state index contributed by atoms with van der Waals surface area (Å²) < 4.78 is 12.0. The van der Waals surface area contributed by atoms with Crippen molar-refractivity contribution in [1.82, 2.24) is 4.98 Å². The smallest absolute Gasteiger partial charge is 0.347 e. The molecule has 0 amide bonds. The summed E-state index contributed by atoms with van der Waals surface area (Å²) in [7, 11) is 0. The van der Waals surface area contributed by atoms with Gasteiger partial charge in [0.25, 0.3) is 0 Å². The third-order valence-electron chi connectivity index (χ3n) is 3.31. The Kier molecular flexibility index (Phi) is 6.16. The van der Waals surface area contributed by atoms with Crippen LogP contribution in [0.1, 0.15) is 25.0 Å². The van der Waals surface area contributed by atoms with Crippen molar-refractivity contribution < 1.29 is 14.3 Å². The molecule has 0 saturated heterocycles. The lowest BCUT2D eigenvalue weighted by Crippen LogP contribution is -2.30. The van der Waals surface area contributed by atoms with Gasteiger partial charge in [0.2, 0.25) is 0 Å².